The number of aryl methyl sites for hydroxylation is 1. The van der Waals surface area contributed by atoms with E-state index >= 15 is 0 Å². The second kappa shape index (κ2) is 8.40. The minimum atomic E-state index is 0.0443. The summed E-state index contributed by atoms with van der Waals surface area (Å²) >= 11 is 0. The van der Waals surface area contributed by atoms with E-state index in [-0.39, 0.29) is 5.91 Å². The number of benzene rings is 1. The van der Waals surface area contributed by atoms with Crippen LogP contribution in [0.2, 0.25) is 0 Å². The van der Waals surface area contributed by atoms with Gasteiger partial charge in [0, 0.05) is 45.3 Å². The van der Waals surface area contributed by atoms with E-state index in [4.69, 9.17) is 0 Å². The Hall–Kier alpha value is -2.92. The lowest BCUT2D eigenvalue weighted by Crippen LogP contribution is -2.48. The van der Waals surface area contributed by atoms with Crippen molar-refractivity contribution in [1.82, 2.24) is 19.2 Å². The number of amides is 1. The van der Waals surface area contributed by atoms with Crippen LogP contribution in [0.5, 0.6) is 0 Å². The molecule has 28 heavy (non-hydrogen) atoms. The molecular formula is C23H26N4O. The van der Waals surface area contributed by atoms with Gasteiger partial charge in [0.1, 0.15) is 5.82 Å². The van der Waals surface area contributed by atoms with Crippen molar-refractivity contribution in [3.8, 4) is 0 Å². The third-order valence-electron chi connectivity index (χ3n) is 5.27. The number of imidazole rings is 1. The summed E-state index contributed by atoms with van der Waals surface area (Å²) in [4.78, 5) is 22.0. The average molecular weight is 374 g/mol. The summed E-state index contributed by atoms with van der Waals surface area (Å²) in [6.45, 7) is 6.23. The molecule has 0 spiro atoms. The minimum absolute atomic E-state index is 0.0443. The van der Waals surface area contributed by atoms with Gasteiger partial charge in [0.2, 0.25) is 0 Å². The summed E-state index contributed by atoms with van der Waals surface area (Å²) in [6, 6.07) is 16.2. The molecule has 3 aromatic rings. The van der Waals surface area contributed by atoms with Crippen LogP contribution in [0.15, 0.2) is 60.8 Å². The predicted octanol–water partition coefficient (Wildman–Crippen LogP) is 3.37. The maximum absolute atomic E-state index is 13.1. The molecule has 144 valence electrons. The van der Waals surface area contributed by atoms with Crippen LogP contribution in [0.4, 0.5) is 0 Å². The van der Waals surface area contributed by atoms with E-state index in [2.05, 4.69) is 41.1 Å². The monoisotopic (exact) mass is 374 g/mol. The fraction of sp³-hybridized carbons (Fsp3) is 0.304. The molecule has 1 amide bonds. The molecule has 1 aromatic carbocycles. The van der Waals surface area contributed by atoms with E-state index in [1.165, 1.54) is 5.56 Å². The predicted molar refractivity (Wildman–Crippen MR) is 112 cm³/mol. The van der Waals surface area contributed by atoms with Crippen molar-refractivity contribution in [2.24, 2.45) is 0 Å². The number of carbonyl (C=O) groups excluding carboxylic acids is 1. The fourth-order valence-corrected chi connectivity index (χ4v) is 3.69. The van der Waals surface area contributed by atoms with E-state index in [0.29, 0.717) is 5.69 Å². The van der Waals surface area contributed by atoms with E-state index in [9.17, 15) is 4.79 Å². The summed E-state index contributed by atoms with van der Waals surface area (Å²) in [5.41, 5.74) is 2.70. The molecule has 0 bridgehead atoms. The summed E-state index contributed by atoms with van der Waals surface area (Å²) < 4.78 is 2.03. The highest BCUT2D eigenvalue weighted by molar-refractivity contribution is 5.99. The van der Waals surface area contributed by atoms with Gasteiger partial charge in [-0.2, -0.15) is 0 Å². The highest BCUT2D eigenvalue weighted by atomic mass is 16.2. The third-order valence-corrected chi connectivity index (χ3v) is 5.27. The summed E-state index contributed by atoms with van der Waals surface area (Å²) in [5, 5.41) is 0. The van der Waals surface area contributed by atoms with Crippen LogP contribution in [0, 0.1) is 0 Å². The first-order chi connectivity index (χ1) is 13.8. The van der Waals surface area contributed by atoms with E-state index in [0.717, 1.165) is 50.5 Å². The molecular weight excluding hydrogens is 348 g/mol. The highest BCUT2D eigenvalue weighted by Crippen LogP contribution is 2.17. The van der Waals surface area contributed by atoms with Crippen LogP contribution in [0.25, 0.3) is 11.6 Å². The molecule has 3 heterocycles. The molecule has 1 aliphatic heterocycles. The summed E-state index contributed by atoms with van der Waals surface area (Å²) in [7, 11) is 0. The Morgan fingerprint density at radius 1 is 1.04 bits per heavy atom. The van der Waals surface area contributed by atoms with E-state index < -0.39 is 0 Å². The number of rotatable bonds is 5. The molecule has 4 rings (SSSR count). The molecule has 0 radical (unpaired) electrons. The van der Waals surface area contributed by atoms with Gasteiger partial charge in [0.25, 0.3) is 5.91 Å². The number of piperazine rings is 1. The molecule has 0 unspecified atom stereocenters. The van der Waals surface area contributed by atoms with Crippen molar-refractivity contribution in [3.05, 3.63) is 77.9 Å². The summed E-state index contributed by atoms with van der Waals surface area (Å²) in [5.74, 6) is 0.978. The third kappa shape index (κ3) is 3.85. The van der Waals surface area contributed by atoms with Gasteiger partial charge < -0.3 is 9.30 Å². The second-order valence-corrected chi connectivity index (χ2v) is 7.09. The number of fused-ring (bicyclic) bond motifs is 1. The van der Waals surface area contributed by atoms with Crippen molar-refractivity contribution in [3.63, 3.8) is 0 Å². The minimum Gasteiger partial charge on any atom is -0.335 e. The molecule has 2 aromatic heterocycles. The molecule has 5 heteroatoms. The molecule has 1 aliphatic rings. The lowest BCUT2D eigenvalue weighted by molar-refractivity contribution is 0.0647. The molecule has 0 N–H and O–H groups in total. The van der Waals surface area contributed by atoms with Crippen molar-refractivity contribution in [2.75, 3.05) is 32.7 Å². The van der Waals surface area contributed by atoms with Gasteiger partial charge in [-0.3, -0.25) is 9.69 Å². The van der Waals surface area contributed by atoms with Crippen LogP contribution in [0.1, 0.15) is 28.8 Å². The Kier molecular flexibility index (Phi) is 5.53. The zero-order chi connectivity index (χ0) is 19.3. The quantitative estimate of drug-likeness (QED) is 0.688. The maximum atomic E-state index is 13.1. The van der Waals surface area contributed by atoms with Gasteiger partial charge in [0.05, 0.1) is 5.52 Å². The van der Waals surface area contributed by atoms with Crippen LogP contribution in [0.3, 0.4) is 0 Å². The highest BCUT2D eigenvalue weighted by Gasteiger charge is 2.25. The SMILES string of the molecule is CCc1nc(C(=O)N2CCN(C/C=C/c3ccccc3)CC2)c2ccccn12. The molecule has 0 aliphatic carbocycles. The maximum Gasteiger partial charge on any atom is 0.274 e. The van der Waals surface area contributed by atoms with Crippen LogP contribution in [-0.4, -0.2) is 57.8 Å². The Morgan fingerprint density at radius 2 is 1.79 bits per heavy atom. The molecule has 1 saturated heterocycles. The Balaban J connectivity index is 1.37. The normalized spacial score (nSPS) is 15.5. The Bertz CT molecular complexity index is 969. The first-order valence-corrected chi connectivity index (χ1v) is 9.95. The number of hydrogen-bond acceptors (Lipinski definition) is 3. The first kappa shape index (κ1) is 18.4. The summed E-state index contributed by atoms with van der Waals surface area (Å²) in [6.07, 6.45) is 7.14. The fourth-order valence-electron chi connectivity index (χ4n) is 3.69. The number of pyridine rings is 1. The molecule has 0 saturated carbocycles. The number of aromatic nitrogens is 2. The molecule has 0 atom stereocenters. The van der Waals surface area contributed by atoms with Gasteiger partial charge in [-0.1, -0.05) is 55.5 Å². The Morgan fingerprint density at radius 3 is 2.54 bits per heavy atom. The van der Waals surface area contributed by atoms with Crippen molar-refractivity contribution in [1.29, 1.82) is 0 Å². The lowest BCUT2D eigenvalue weighted by atomic mass is 10.2. The van der Waals surface area contributed by atoms with Gasteiger partial charge in [-0.15, -0.1) is 0 Å². The standard InChI is InChI=1S/C23H26N4O/c1-2-21-24-22(20-12-6-7-14-27(20)21)23(28)26-17-15-25(16-18-26)13-8-11-19-9-4-3-5-10-19/h3-12,14H,2,13,15-18H2,1H3/b11-8+. The van der Waals surface area contributed by atoms with Gasteiger partial charge in [0.15, 0.2) is 5.69 Å². The number of carbonyl (C=O) groups is 1. The lowest BCUT2D eigenvalue weighted by Gasteiger charge is -2.33. The second-order valence-electron chi connectivity index (χ2n) is 7.09. The van der Waals surface area contributed by atoms with Gasteiger partial charge in [-0.05, 0) is 17.7 Å². The van der Waals surface area contributed by atoms with Crippen LogP contribution >= 0.6 is 0 Å². The van der Waals surface area contributed by atoms with E-state index in [1.807, 2.05) is 51.9 Å². The largest absolute Gasteiger partial charge is 0.335 e. The molecule has 1 fully saturated rings. The van der Waals surface area contributed by atoms with E-state index in [1.54, 1.807) is 0 Å². The first-order valence-electron chi connectivity index (χ1n) is 9.95. The van der Waals surface area contributed by atoms with Crippen molar-refractivity contribution < 1.29 is 4.79 Å². The van der Waals surface area contributed by atoms with Crippen molar-refractivity contribution >= 4 is 17.5 Å². The van der Waals surface area contributed by atoms with Crippen LogP contribution < -0.4 is 0 Å². The topological polar surface area (TPSA) is 40.9 Å². The smallest absolute Gasteiger partial charge is 0.274 e. The zero-order valence-corrected chi connectivity index (χ0v) is 16.3. The zero-order valence-electron chi connectivity index (χ0n) is 16.3. The number of hydrogen-bond donors (Lipinski definition) is 0. The van der Waals surface area contributed by atoms with Gasteiger partial charge >= 0.3 is 0 Å². The molecule has 5 nitrogen and oxygen atoms in total. The van der Waals surface area contributed by atoms with Crippen LogP contribution in [-0.2, 0) is 6.42 Å². The van der Waals surface area contributed by atoms with Crippen molar-refractivity contribution in [2.45, 2.75) is 13.3 Å². The average Bonchev–Trinajstić information content (AvgIpc) is 3.13. The number of nitrogens with zero attached hydrogens (tertiary/aromatic N) is 4. The van der Waals surface area contributed by atoms with Gasteiger partial charge in [-0.25, -0.2) is 4.98 Å². The Labute approximate surface area is 165 Å².